The topological polar surface area (TPSA) is 89.9 Å². The predicted molar refractivity (Wildman–Crippen MR) is 81.9 cm³/mol. The lowest BCUT2D eigenvalue weighted by Crippen LogP contribution is -2.25. The maximum atomic E-state index is 12.1. The molecule has 22 heavy (non-hydrogen) atoms. The highest BCUT2D eigenvalue weighted by molar-refractivity contribution is 7.09. The van der Waals surface area contributed by atoms with Crippen molar-refractivity contribution < 1.29 is 9.53 Å². The number of benzene rings is 1. The lowest BCUT2D eigenvalue weighted by molar-refractivity contribution is 0.0939. The van der Waals surface area contributed by atoms with Crippen LogP contribution in [0.3, 0.4) is 0 Å². The van der Waals surface area contributed by atoms with Crippen molar-refractivity contribution in [1.29, 1.82) is 0 Å². The van der Waals surface area contributed by atoms with E-state index in [9.17, 15) is 4.79 Å². The largest absolute Gasteiger partial charge is 0.497 e. The summed E-state index contributed by atoms with van der Waals surface area (Å²) in [6, 6.07) is 5.22. The van der Waals surface area contributed by atoms with E-state index in [-0.39, 0.29) is 11.7 Å². The molecule has 8 heteroatoms. The average molecular weight is 315 g/mol. The van der Waals surface area contributed by atoms with Gasteiger partial charge in [-0.1, -0.05) is 0 Å². The quantitative estimate of drug-likeness (QED) is 0.788. The van der Waals surface area contributed by atoms with Crippen LogP contribution in [0.25, 0.3) is 11.0 Å². The van der Waals surface area contributed by atoms with E-state index in [0.29, 0.717) is 23.3 Å². The van der Waals surface area contributed by atoms with Gasteiger partial charge in [-0.2, -0.15) is 0 Å². The molecule has 1 aromatic carbocycles. The van der Waals surface area contributed by atoms with E-state index in [1.807, 2.05) is 12.3 Å². The van der Waals surface area contributed by atoms with Gasteiger partial charge in [-0.3, -0.25) is 4.79 Å². The predicted octanol–water partition coefficient (Wildman–Crippen LogP) is 1.73. The van der Waals surface area contributed by atoms with Crippen LogP contribution in [0.15, 0.2) is 23.6 Å². The van der Waals surface area contributed by atoms with Crippen LogP contribution in [-0.2, 0) is 6.54 Å². The van der Waals surface area contributed by atoms with Gasteiger partial charge in [-0.05, 0) is 19.1 Å². The first kappa shape index (κ1) is 14.3. The molecule has 0 aliphatic rings. The molecule has 1 amide bonds. The second kappa shape index (κ2) is 6.02. The number of nitrogens with one attached hydrogen (secondary N) is 1. The number of carbonyl (C=O) groups is 1. The summed E-state index contributed by atoms with van der Waals surface area (Å²) >= 11 is 1.54. The number of thiazole rings is 1. The third-order valence-electron chi connectivity index (χ3n) is 2.96. The summed E-state index contributed by atoms with van der Waals surface area (Å²) in [5.41, 5.74) is 1.97. The molecule has 0 unspecified atom stereocenters. The lowest BCUT2D eigenvalue weighted by atomic mass is 10.3. The zero-order chi connectivity index (χ0) is 15.5. The van der Waals surface area contributed by atoms with Gasteiger partial charge in [0.2, 0.25) is 5.82 Å². The molecule has 0 aliphatic heterocycles. The van der Waals surface area contributed by atoms with Gasteiger partial charge in [0.15, 0.2) is 0 Å². The van der Waals surface area contributed by atoms with E-state index in [2.05, 4.69) is 25.5 Å². The van der Waals surface area contributed by atoms with Gasteiger partial charge in [0.1, 0.15) is 11.3 Å². The van der Waals surface area contributed by atoms with Gasteiger partial charge in [-0.15, -0.1) is 21.5 Å². The van der Waals surface area contributed by atoms with Crippen molar-refractivity contribution in [1.82, 2.24) is 25.5 Å². The smallest absolute Gasteiger partial charge is 0.291 e. The van der Waals surface area contributed by atoms with Gasteiger partial charge in [0.05, 0.1) is 29.9 Å². The van der Waals surface area contributed by atoms with Gasteiger partial charge >= 0.3 is 0 Å². The van der Waals surface area contributed by atoms with E-state index in [1.165, 1.54) is 11.3 Å². The summed E-state index contributed by atoms with van der Waals surface area (Å²) in [4.78, 5) is 20.6. The Morgan fingerprint density at radius 2 is 2.14 bits per heavy atom. The van der Waals surface area contributed by atoms with Crippen molar-refractivity contribution in [2.24, 2.45) is 0 Å². The zero-order valence-electron chi connectivity index (χ0n) is 12.0. The van der Waals surface area contributed by atoms with Crippen molar-refractivity contribution in [3.05, 3.63) is 40.1 Å². The van der Waals surface area contributed by atoms with Crippen LogP contribution in [0.1, 0.15) is 21.3 Å². The Morgan fingerprint density at radius 1 is 1.27 bits per heavy atom. The highest BCUT2D eigenvalue weighted by Crippen LogP contribution is 2.16. The molecule has 112 valence electrons. The molecule has 0 saturated heterocycles. The third-order valence-corrected chi connectivity index (χ3v) is 3.78. The Kier molecular flexibility index (Phi) is 3.92. The van der Waals surface area contributed by atoms with E-state index in [0.717, 1.165) is 10.7 Å². The van der Waals surface area contributed by atoms with Gasteiger partial charge < -0.3 is 10.1 Å². The minimum Gasteiger partial charge on any atom is -0.497 e. The van der Waals surface area contributed by atoms with Crippen LogP contribution in [0.2, 0.25) is 0 Å². The molecule has 3 rings (SSSR count). The Morgan fingerprint density at radius 3 is 2.86 bits per heavy atom. The van der Waals surface area contributed by atoms with Gasteiger partial charge in [0, 0.05) is 11.4 Å². The molecular weight excluding hydrogens is 302 g/mol. The Hall–Kier alpha value is -2.61. The SMILES string of the molecule is COc1ccc2nnc(C(=O)NCc3csc(C)n3)nc2c1. The van der Waals surface area contributed by atoms with Crippen LogP contribution in [0.4, 0.5) is 0 Å². The number of ether oxygens (including phenoxy) is 1. The lowest BCUT2D eigenvalue weighted by Gasteiger charge is -2.04. The number of carbonyl (C=O) groups excluding carboxylic acids is 1. The van der Waals surface area contributed by atoms with Crippen LogP contribution < -0.4 is 10.1 Å². The molecule has 0 bridgehead atoms. The van der Waals surface area contributed by atoms with E-state index < -0.39 is 0 Å². The fourth-order valence-corrected chi connectivity index (χ4v) is 2.49. The average Bonchev–Trinajstić information content (AvgIpc) is 2.97. The highest BCUT2D eigenvalue weighted by atomic mass is 32.1. The van der Waals surface area contributed by atoms with E-state index in [1.54, 1.807) is 25.3 Å². The Labute approximate surface area is 130 Å². The summed E-state index contributed by atoms with van der Waals surface area (Å²) in [5, 5.41) is 13.4. The number of hydrogen-bond acceptors (Lipinski definition) is 7. The van der Waals surface area contributed by atoms with Crippen molar-refractivity contribution >= 4 is 28.3 Å². The molecule has 0 atom stereocenters. The Bertz CT molecular complexity index is 833. The first-order valence-electron chi connectivity index (χ1n) is 6.53. The number of nitrogens with zero attached hydrogens (tertiary/aromatic N) is 4. The number of aryl methyl sites for hydroxylation is 1. The highest BCUT2D eigenvalue weighted by Gasteiger charge is 2.12. The molecule has 0 spiro atoms. The second-order valence-electron chi connectivity index (χ2n) is 4.53. The first-order valence-corrected chi connectivity index (χ1v) is 7.41. The Balaban J connectivity index is 1.78. The van der Waals surface area contributed by atoms with Crippen LogP contribution in [-0.4, -0.2) is 33.2 Å². The van der Waals surface area contributed by atoms with Crippen molar-refractivity contribution in [3.63, 3.8) is 0 Å². The van der Waals surface area contributed by atoms with Crippen molar-refractivity contribution in [2.75, 3.05) is 7.11 Å². The second-order valence-corrected chi connectivity index (χ2v) is 5.59. The fraction of sp³-hybridized carbons (Fsp3) is 0.214. The zero-order valence-corrected chi connectivity index (χ0v) is 12.8. The number of amides is 1. The van der Waals surface area contributed by atoms with Gasteiger partial charge in [-0.25, -0.2) is 9.97 Å². The third kappa shape index (κ3) is 3.01. The van der Waals surface area contributed by atoms with Crippen LogP contribution in [0.5, 0.6) is 5.75 Å². The number of rotatable bonds is 4. The summed E-state index contributed by atoms with van der Waals surface area (Å²) < 4.78 is 5.13. The van der Waals surface area contributed by atoms with E-state index >= 15 is 0 Å². The van der Waals surface area contributed by atoms with Crippen LogP contribution in [0, 0.1) is 6.92 Å². The molecule has 2 heterocycles. The van der Waals surface area contributed by atoms with Crippen molar-refractivity contribution in [2.45, 2.75) is 13.5 Å². The maximum Gasteiger partial charge on any atom is 0.291 e. The molecule has 0 radical (unpaired) electrons. The summed E-state index contributed by atoms with van der Waals surface area (Å²) in [7, 11) is 1.57. The summed E-state index contributed by atoms with van der Waals surface area (Å²) in [6.45, 7) is 2.25. The molecule has 3 aromatic rings. The number of hydrogen-bond donors (Lipinski definition) is 1. The molecule has 1 N–H and O–H groups in total. The fourth-order valence-electron chi connectivity index (χ4n) is 1.88. The molecule has 0 saturated carbocycles. The molecule has 2 aromatic heterocycles. The molecule has 0 fully saturated rings. The number of aromatic nitrogens is 4. The normalized spacial score (nSPS) is 10.6. The minimum absolute atomic E-state index is 0.0210. The molecular formula is C14H13N5O2S. The van der Waals surface area contributed by atoms with Crippen LogP contribution >= 0.6 is 11.3 Å². The van der Waals surface area contributed by atoms with E-state index in [4.69, 9.17) is 4.74 Å². The van der Waals surface area contributed by atoms with Crippen molar-refractivity contribution in [3.8, 4) is 5.75 Å². The first-order chi connectivity index (χ1) is 10.7. The monoisotopic (exact) mass is 315 g/mol. The minimum atomic E-state index is -0.386. The maximum absolute atomic E-state index is 12.1. The molecule has 7 nitrogen and oxygen atoms in total. The molecule has 0 aliphatic carbocycles. The summed E-state index contributed by atoms with van der Waals surface area (Å²) in [6.07, 6.45) is 0. The van der Waals surface area contributed by atoms with Gasteiger partial charge in [0.25, 0.3) is 5.91 Å². The number of methoxy groups -OCH3 is 1. The summed E-state index contributed by atoms with van der Waals surface area (Å²) in [5.74, 6) is 0.285. The standard InChI is InChI=1S/C14H13N5O2S/c1-8-16-9(7-22-8)6-15-14(20)13-17-12-5-10(21-2)3-4-11(12)18-19-13/h3-5,7H,6H2,1-2H3,(H,15,20). The number of fused-ring (bicyclic) bond motifs is 1.